The monoisotopic (exact) mass is 220 g/mol. The zero-order valence-electron chi connectivity index (χ0n) is 9.77. The first-order valence-corrected chi connectivity index (χ1v) is 4.68. The van der Waals surface area contributed by atoms with Gasteiger partial charge >= 0.3 is 5.97 Å². The number of rotatable bonds is 5. The van der Waals surface area contributed by atoms with E-state index in [9.17, 15) is 4.79 Å². The van der Waals surface area contributed by atoms with Crippen LogP contribution in [0.5, 0.6) is 0 Å². The molecule has 0 fully saturated rings. The van der Waals surface area contributed by atoms with Gasteiger partial charge in [0.1, 0.15) is 13.2 Å². The number of carbonyl (C=O) groups excluding carboxylic acids is 1. The van der Waals surface area contributed by atoms with Gasteiger partial charge in [0.25, 0.3) is 0 Å². The fraction of sp³-hybridized carbons (Fsp3) is 0.700. The molecule has 0 unspecified atom stereocenters. The molecular weight excluding hydrogens is 198 g/mol. The number of esters is 1. The smallest absolute Gasteiger partial charge is 0.330 e. The molecule has 0 heterocycles. The lowest BCUT2D eigenvalue weighted by atomic mass is 10.5. The Bertz CT molecular complexity index is 175. The summed E-state index contributed by atoms with van der Waals surface area (Å²) < 4.78 is 5.18. The van der Waals surface area contributed by atoms with Gasteiger partial charge in [0.2, 0.25) is 0 Å². The average molecular weight is 220 g/mol. The van der Waals surface area contributed by atoms with Crippen molar-refractivity contribution < 1.29 is 24.2 Å². The van der Waals surface area contributed by atoms with Crippen molar-refractivity contribution in [3.05, 3.63) is 12.7 Å². The summed E-state index contributed by atoms with van der Waals surface area (Å²) in [5.74, 6) is -0.501. The van der Waals surface area contributed by atoms with Crippen LogP contribution in [-0.2, 0) is 9.53 Å². The fourth-order valence-electron chi connectivity index (χ4n) is 0.505. The van der Waals surface area contributed by atoms with Crippen LogP contribution in [0.25, 0.3) is 0 Å². The minimum atomic E-state index is -0.501. The average Bonchev–Trinajstić information content (AvgIpc) is 2.13. The Balaban J connectivity index is 0. The van der Waals surface area contributed by atoms with Gasteiger partial charge in [-0.3, -0.25) is 0 Å². The van der Waals surface area contributed by atoms with Crippen molar-refractivity contribution in [3.8, 4) is 0 Å². The van der Waals surface area contributed by atoms with Gasteiger partial charge < -0.3 is 19.4 Å². The summed E-state index contributed by atoms with van der Waals surface area (Å²) in [6.45, 7) is 4.18. The first-order chi connectivity index (χ1) is 6.87. The fourth-order valence-corrected chi connectivity index (χ4v) is 0.505. The molecule has 0 rings (SSSR count). The Kier molecular flexibility index (Phi) is 10.6. The van der Waals surface area contributed by atoms with E-state index >= 15 is 0 Å². The molecule has 0 radical (unpaired) electrons. The Morgan fingerprint density at radius 1 is 1.33 bits per heavy atom. The zero-order chi connectivity index (χ0) is 12.3. The summed E-state index contributed by atoms with van der Waals surface area (Å²) in [5.41, 5.74) is 0. The SMILES string of the molecule is C=CC(=O)OCCO.C[N+](C)(C)CCO. The molecule has 0 bridgehead atoms. The second kappa shape index (κ2) is 9.64. The van der Waals surface area contributed by atoms with Gasteiger partial charge in [-0.05, 0) is 0 Å². The van der Waals surface area contributed by atoms with Crippen molar-refractivity contribution in [2.24, 2.45) is 0 Å². The number of ether oxygens (including phenoxy) is 1. The minimum absolute atomic E-state index is 0.0465. The van der Waals surface area contributed by atoms with E-state index in [0.29, 0.717) is 0 Å². The number of likely N-dealkylation sites (N-methyl/N-ethyl adjacent to an activating group) is 1. The molecule has 0 saturated heterocycles. The second-order valence-corrected chi connectivity index (χ2v) is 3.83. The molecule has 0 aromatic rings. The summed E-state index contributed by atoms with van der Waals surface area (Å²) in [6, 6.07) is 0. The highest BCUT2D eigenvalue weighted by atomic mass is 16.5. The standard InChI is InChI=1S/C5H14NO.C5H8O3/c1-6(2,3)4-5-7;1-2-5(7)8-4-3-6/h7H,4-5H2,1-3H3;2,6H,1,3-4H2/q+1;. The zero-order valence-corrected chi connectivity index (χ0v) is 9.77. The highest BCUT2D eigenvalue weighted by molar-refractivity contribution is 5.81. The van der Waals surface area contributed by atoms with Gasteiger partial charge in [-0.25, -0.2) is 4.79 Å². The topological polar surface area (TPSA) is 66.8 Å². The first-order valence-electron chi connectivity index (χ1n) is 4.68. The van der Waals surface area contributed by atoms with E-state index in [4.69, 9.17) is 10.2 Å². The number of hydrogen-bond acceptors (Lipinski definition) is 4. The molecule has 0 aliphatic rings. The summed E-state index contributed by atoms with van der Waals surface area (Å²) in [5, 5.41) is 16.5. The van der Waals surface area contributed by atoms with Crippen molar-refractivity contribution in [3.63, 3.8) is 0 Å². The Hall–Kier alpha value is -0.910. The van der Waals surface area contributed by atoms with Crippen LogP contribution in [0.2, 0.25) is 0 Å². The van der Waals surface area contributed by atoms with Gasteiger partial charge in [0.15, 0.2) is 0 Å². The van der Waals surface area contributed by atoms with Crippen molar-refractivity contribution in [2.45, 2.75) is 0 Å². The molecule has 0 saturated carbocycles. The van der Waals surface area contributed by atoms with Crippen LogP contribution in [0.3, 0.4) is 0 Å². The first kappa shape index (κ1) is 16.5. The number of carbonyl (C=O) groups is 1. The van der Waals surface area contributed by atoms with E-state index < -0.39 is 5.97 Å². The molecule has 5 heteroatoms. The van der Waals surface area contributed by atoms with Crippen molar-refractivity contribution in [2.75, 3.05) is 47.5 Å². The van der Waals surface area contributed by atoms with Gasteiger partial charge in [0, 0.05) is 6.08 Å². The maximum Gasteiger partial charge on any atom is 0.330 e. The van der Waals surface area contributed by atoms with Gasteiger partial charge in [-0.1, -0.05) is 6.58 Å². The summed E-state index contributed by atoms with van der Waals surface area (Å²) in [4.78, 5) is 10.1. The highest BCUT2D eigenvalue weighted by Gasteiger charge is 2.02. The molecular formula is C10H22NO4+. The normalized spacial score (nSPS) is 9.93. The minimum Gasteiger partial charge on any atom is -0.460 e. The van der Waals surface area contributed by atoms with Crippen LogP contribution in [0, 0.1) is 0 Å². The third-order valence-corrected chi connectivity index (χ3v) is 1.27. The Morgan fingerprint density at radius 3 is 2.07 bits per heavy atom. The van der Waals surface area contributed by atoms with Crippen LogP contribution >= 0.6 is 0 Å². The van der Waals surface area contributed by atoms with Gasteiger partial charge in [0.05, 0.1) is 34.4 Å². The van der Waals surface area contributed by atoms with Gasteiger partial charge in [-0.2, -0.15) is 0 Å². The maximum absolute atomic E-state index is 10.1. The number of hydrogen-bond donors (Lipinski definition) is 2. The van der Waals surface area contributed by atoms with Crippen molar-refractivity contribution >= 4 is 5.97 Å². The maximum atomic E-state index is 10.1. The third kappa shape index (κ3) is 19.5. The molecule has 5 nitrogen and oxygen atoms in total. The number of aliphatic hydroxyl groups excluding tert-OH is 2. The van der Waals surface area contributed by atoms with Crippen LogP contribution in [-0.4, -0.2) is 68.2 Å². The summed E-state index contributed by atoms with van der Waals surface area (Å²) >= 11 is 0. The summed E-state index contributed by atoms with van der Waals surface area (Å²) in [6.07, 6.45) is 1.05. The molecule has 0 aromatic heterocycles. The number of quaternary nitrogens is 1. The molecule has 15 heavy (non-hydrogen) atoms. The predicted molar refractivity (Wildman–Crippen MR) is 58.2 cm³/mol. The molecule has 2 N–H and O–H groups in total. The van der Waals surface area contributed by atoms with Crippen LogP contribution < -0.4 is 0 Å². The van der Waals surface area contributed by atoms with E-state index in [1.807, 2.05) is 0 Å². The molecule has 0 aromatic carbocycles. The van der Waals surface area contributed by atoms with E-state index in [2.05, 4.69) is 32.5 Å². The van der Waals surface area contributed by atoms with E-state index in [1.54, 1.807) is 0 Å². The highest BCUT2D eigenvalue weighted by Crippen LogP contribution is 1.84. The molecule has 0 atom stereocenters. The van der Waals surface area contributed by atoms with Crippen LogP contribution in [0.1, 0.15) is 0 Å². The lowest BCUT2D eigenvalue weighted by Gasteiger charge is -2.21. The lowest BCUT2D eigenvalue weighted by Crippen LogP contribution is -2.36. The Morgan fingerprint density at radius 2 is 1.87 bits per heavy atom. The van der Waals surface area contributed by atoms with Crippen LogP contribution in [0.15, 0.2) is 12.7 Å². The molecule has 0 amide bonds. The largest absolute Gasteiger partial charge is 0.460 e. The van der Waals surface area contributed by atoms with Gasteiger partial charge in [-0.15, -0.1) is 0 Å². The van der Waals surface area contributed by atoms with E-state index in [-0.39, 0.29) is 19.8 Å². The predicted octanol–water partition coefficient (Wildman–Crippen LogP) is -0.607. The molecule has 90 valence electrons. The number of nitrogens with zero attached hydrogens (tertiary/aromatic N) is 1. The second-order valence-electron chi connectivity index (χ2n) is 3.83. The van der Waals surface area contributed by atoms with E-state index in [0.717, 1.165) is 17.1 Å². The third-order valence-electron chi connectivity index (χ3n) is 1.27. The molecule has 0 aliphatic heterocycles. The van der Waals surface area contributed by atoms with Crippen LogP contribution in [0.4, 0.5) is 0 Å². The lowest BCUT2D eigenvalue weighted by molar-refractivity contribution is -0.870. The van der Waals surface area contributed by atoms with Crippen molar-refractivity contribution in [1.82, 2.24) is 0 Å². The quantitative estimate of drug-likeness (QED) is 0.368. The molecule has 0 aliphatic carbocycles. The summed E-state index contributed by atoms with van der Waals surface area (Å²) in [7, 11) is 6.16. The Labute approximate surface area is 91.2 Å². The van der Waals surface area contributed by atoms with E-state index in [1.165, 1.54) is 0 Å². The number of aliphatic hydroxyl groups is 2. The van der Waals surface area contributed by atoms with Crippen molar-refractivity contribution in [1.29, 1.82) is 0 Å². The molecule has 0 spiro atoms.